The number of rotatable bonds is 10. The van der Waals surface area contributed by atoms with E-state index in [1.807, 2.05) is 0 Å². The van der Waals surface area contributed by atoms with Crippen LogP contribution in [0.5, 0.6) is 0 Å². The van der Waals surface area contributed by atoms with Crippen LogP contribution in [0, 0.1) is 0 Å². The summed E-state index contributed by atoms with van der Waals surface area (Å²) in [5, 5.41) is 26.0. The second kappa shape index (κ2) is 10.1. The zero-order valence-corrected chi connectivity index (χ0v) is 12.5. The zero-order chi connectivity index (χ0) is 17.3. The summed E-state index contributed by atoms with van der Waals surface area (Å²) in [5.74, 6) is -4.76. The van der Waals surface area contributed by atoms with Crippen molar-refractivity contribution >= 4 is 35.5 Å². The molecule has 0 spiro atoms. The molecule has 0 rings (SSSR count). The Kier molecular flexibility index (Phi) is 9.33. The molecule has 0 aliphatic carbocycles. The van der Waals surface area contributed by atoms with E-state index in [-0.39, 0.29) is 18.1 Å². The van der Waals surface area contributed by atoms with E-state index in [0.717, 1.165) is 11.8 Å². The Morgan fingerprint density at radius 3 is 2.14 bits per heavy atom. The number of carbonyl (C=O) groups is 4. The molecule has 11 heteroatoms. The van der Waals surface area contributed by atoms with Gasteiger partial charge in [0.15, 0.2) is 0 Å². The molecular weight excluding hydrogens is 318 g/mol. The lowest BCUT2D eigenvalue weighted by Crippen LogP contribution is -2.50. The highest BCUT2D eigenvalue weighted by molar-refractivity contribution is 7.99. The Bertz CT molecular complexity index is 432. The van der Waals surface area contributed by atoms with Crippen molar-refractivity contribution in [1.29, 1.82) is 0 Å². The number of carbonyl (C=O) groups excluding carboxylic acids is 2. The second-order valence-corrected chi connectivity index (χ2v) is 5.30. The highest BCUT2D eigenvalue weighted by atomic mass is 32.2. The minimum absolute atomic E-state index is 0.00731. The molecule has 0 aromatic rings. The van der Waals surface area contributed by atoms with Crippen LogP contribution in [0.2, 0.25) is 0 Å². The summed E-state index contributed by atoms with van der Waals surface area (Å²) in [7, 11) is 0. The lowest BCUT2D eigenvalue weighted by molar-refractivity contribution is -0.153. The number of carboxylic acid groups (broad SMARTS) is 2. The predicted molar refractivity (Wildman–Crippen MR) is 76.7 cm³/mol. The molecule has 0 aromatic carbocycles. The number of hydrogen-bond donors (Lipinski definition) is 5. The van der Waals surface area contributed by atoms with E-state index in [1.54, 1.807) is 0 Å². The van der Waals surface area contributed by atoms with Crippen LogP contribution in [0.1, 0.15) is 12.8 Å². The maximum atomic E-state index is 12.0. The fraction of sp³-hybridized carbons (Fsp3) is 0.636. The first-order valence-corrected chi connectivity index (χ1v) is 7.34. The van der Waals surface area contributed by atoms with Gasteiger partial charge in [-0.05, 0) is 6.42 Å². The minimum atomic E-state index is -1.41. The SMILES string of the molecule is N[C@@H](CCC(=O)N(CC(=O)O)C(=O)[C@@H](N)CSCO)C(=O)O. The summed E-state index contributed by atoms with van der Waals surface area (Å²) < 4.78 is 0. The molecule has 0 fully saturated rings. The van der Waals surface area contributed by atoms with Gasteiger partial charge in [0, 0.05) is 12.2 Å². The Morgan fingerprint density at radius 1 is 1.09 bits per heavy atom. The maximum absolute atomic E-state index is 12.0. The third-order valence-corrected chi connectivity index (χ3v) is 3.33. The molecule has 0 aromatic heterocycles. The summed E-state index contributed by atoms with van der Waals surface area (Å²) in [4.78, 5) is 45.7. The van der Waals surface area contributed by atoms with Gasteiger partial charge in [0.25, 0.3) is 0 Å². The topological polar surface area (TPSA) is 184 Å². The average Bonchev–Trinajstić information content (AvgIpc) is 2.46. The molecule has 0 unspecified atom stereocenters. The quantitative estimate of drug-likeness (QED) is 0.270. The van der Waals surface area contributed by atoms with E-state index in [0.29, 0.717) is 4.90 Å². The minimum Gasteiger partial charge on any atom is -0.480 e. The van der Waals surface area contributed by atoms with Crippen LogP contribution in [0.15, 0.2) is 0 Å². The van der Waals surface area contributed by atoms with Gasteiger partial charge in [0.2, 0.25) is 11.8 Å². The molecule has 7 N–H and O–H groups in total. The van der Waals surface area contributed by atoms with Crippen molar-refractivity contribution in [2.45, 2.75) is 24.9 Å². The predicted octanol–water partition coefficient (Wildman–Crippen LogP) is -2.37. The van der Waals surface area contributed by atoms with Crippen molar-refractivity contribution in [2.75, 3.05) is 18.2 Å². The Morgan fingerprint density at radius 2 is 1.68 bits per heavy atom. The van der Waals surface area contributed by atoms with Gasteiger partial charge >= 0.3 is 11.9 Å². The highest BCUT2D eigenvalue weighted by Gasteiger charge is 2.28. The van der Waals surface area contributed by atoms with Crippen LogP contribution in [0.4, 0.5) is 0 Å². The normalized spacial score (nSPS) is 13.2. The van der Waals surface area contributed by atoms with E-state index in [1.165, 1.54) is 0 Å². The van der Waals surface area contributed by atoms with Gasteiger partial charge in [0.05, 0.1) is 12.0 Å². The lowest BCUT2D eigenvalue weighted by Gasteiger charge is -2.22. The largest absolute Gasteiger partial charge is 0.480 e. The molecule has 0 saturated carbocycles. The van der Waals surface area contributed by atoms with Crippen LogP contribution in [0.25, 0.3) is 0 Å². The summed E-state index contributed by atoms with van der Waals surface area (Å²) in [5.41, 5.74) is 10.8. The molecule has 0 heterocycles. The number of thioether (sulfide) groups is 1. The van der Waals surface area contributed by atoms with Gasteiger partial charge in [-0.15, -0.1) is 11.8 Å². The summed E-state index contributed by atoms with van der Waals surface area (Å²) in [6.07, 6.45) is -0.634. The zero-order valence-electron chi connectivity index (χ0n) is 11.7. The van der Waals surface area contributed by atoms with E-state index >= 15 is 0 Å². The summed E-state index contributed by atoms with van der Waals surface area (Å²) in [6, 6.07) is -2.45. The van der Waals surface area contributed by atoms with Crippen molar-refractivity contribution < 1.29 is 34.5 Å². The molecule has 0 radical (unpaired) electrons. The van der Waals surface area contributed by atoms with Gasteiger partial charge in [0.1, 0.15) is 12.6 Å². The third kappa shape index (κ3) is 7.36. The first-order valence-electron chi connectivity index (χ1n) is 6.19. The number of nitrogens with zero attached hydrogens (tertiary/aromatic N) is 1. The fourth-order valence-electron chi connectivity index (χ4n) is 1.41. The van der Waals surface area contributed by atoms with E-state index < -0.39 is 48.8 Å². The number of carboxylic acids is 2. The van der Waals surface area contributed by atoms with Gasteiger partial charge in [-0.3, -0.25) is 24.1 Å². The van der Waals surface area contributed by atoms with Crippen molar-refractivity contribution in [3.63, 3.8) is 0 Å². The van der Waals surface area contributed by atoms with Crippen LogP contribution < -0.4 is 11.5 Å². The van der Waals surface area contributed by atoms with E-state index in [2.05, 4.69) is 0 Å². The molecule has 126 valence electrons. The Labute approximate surface area is 130 Å². The maximum Gasteiger partial charge on any atom is 0.323 e. The third-order valence-electron chi connectivity index (χ3n) is 2.55. The van der Waals surface area contributed by atoms with Gasteiger partial charge in [-0.25, -0.2) is 0 Å². The summed E-state index contributed by atoms with van der Waals surface area (Å²) in [6.45, 7) is -0.878. The number of aliphatic carboxylic acids is 2. The van der Waals surface area contributed by atoms with Crippen LogP contribution >= 0.6 is 11.8 Å². The van der Waals surface area contributed by atoms with Crippen molar-refractivity contribution in [3.8, 4) is 0 Å². The second-order valence-electron chi connectivity index (χ2n) is 4.30. The summed E-state index contributed by atoms with van der Waals surface area (Å²) >= 11 is 0.941. The standard InChI is InChI=1S/C11H19N3O7S/c12-6(11(20)21)1-2-8(16)14(3-9(17)18)10(19)7(13)4-22-5-15/h6-7,15H,1-5,12-13H2,(H,17,18)(H,20,21)/t6-,7-/m0/s1. The number of hydrogen-bond acceptors (Lipinski definition) is 8. The molecule has 0 bridgehead atoms. The number of amides is 2. The Balaban J connectivity index is 4.80. The van der Waals surface area contributed by atoms with Gasteiger partial charge < -0.3 is 26.8 Å². The molecule has 0 aliphatic heterocycles. The lowest BCUT2D eigenvalue weighted by atomic mass is 10.1. The Hall–Kier alpha value is -1.69. The van der Waals surface area contributed by atoms with Crippen molar-refractivity contribution in [2.24, 2.45) is 11.5 Å². The molecule has 0 aliphatic rings. The highest BCUT2D eigenvalue weighted by Crippen LogP contribution is 2.06. The number of aliphatic hydroxyl groups excluding tert-OH is 1. The van der Waals surface area contributed by atoms with Crippen LogP contribution in [0.3, 0.4) is 0 Å². The van der Waals surface area contributed by atoms with Gasteiger partial charge in [-0.1, -0.05) is 0 Å². The van der Waals surface area contributed by atoms with E-state index in [4.69, 9.17) is 26.8 Å². The average molecular weight is 337 g/mol. The number of aliphatic hydroxyl groups is 1. The number of nitrogens with two attached hydrogens (primary N) is 2. The molecule has 2 amide bonds. The smallest absolute Gasteiger partial charge is 0.323 e. The van der Waals surface area contributed by atoms with Crippen molar-refractivity contribution in [3.05, 3.63) is 0 Å². The van der Waals surface area contributed by atoms with Crippen molar-refractivity contribution in [1.82, 2.24) is 4.90 Å². The molecule has 10 nitrogen and oxygen atoms in total. The van der Waals surface area contributed by atoms with Crippen LogP contribution in [-0.4, -0.2) is 74.3 Å². The fourth-order valence-corrected chi connectivity index (χ4v) is 1.91. The van der Waals surface area contributed by atoms with Crippen LogP contribution in [-0.2, 0) is 19.2 Å². The van der Waals surface area contributed by atoms with Gasteiger partial charge in [-0.2, -0.15) is 0 Å². The first kappa shape index (κ1) is 20.3. The first-order chi connectivity index (χ1) is 10.2. The molecule has 0 saturated heterocycles. The molecular formula is C11H19N3O7S. The molecule has 22 heavy (non-hydrogen) atoms. The monoisotopic (exact) mass is 337 g/mol. The van der Waals surface area contributed by atoms with E-state index in [9.17, 15) is 19.2 Å². The number of imide groups is 1. The molecule has 2 atom stereocenters.